The van der Waals surface area contributed by atoms with Crippen molar-refractivity contribution in [2.75, 3.05) is 26.8 Å². The molecule has 3 aromatic rings. The molecule has 2 saturated heterocycles. The minimum Gasteiger partial charge on any atom is -0.381 e. The van der Waals surface area contributed by atoms with E-state index in [1.54, 1.807) is 14.0 Å². The zero-order chi connectivity index (χ0) is 26.6. The normalized spacial score (nSPS) is 19.7. The fraction of sp³-hybridized carbons (Fsp3) is 0.433. The smallest absolute Gasteiger partial charge is 0.246 e. The van der Waals surface area contributed by atoms with Gasteiger partial charge in [0.25, 0.3) is 0 Å². The van der Waals surface area contributed by atoms with E-state index in [1.165, 1.54) is 11.3 Å². The molecular formula is C30H34N4O3S. The highest BCUT2D eigenvalue weighted by molar-refractivity contribution is 7.12. The van der Waals surface area contributed by atoms with Crippen LogP contribution in [0.15, 0.2) is 42.5 Å². The van der Waals surface area contributed by atoms with E-state index in [0.29, 0.717) is 19.8 Å². The third-order valence-electron chi connectivity index (χ3n) is 7.77. The van der Waals surface area contributed by atoms with E-state index in [2.05, 4.69) is 40.8 Å². The number of terminal acetylenes is 1. The lowest BCUT2D eigenvalue weighted by atomic mass is 9.90. The van der Waals surface area contributed by atoms with E-state index in [4.69, 9.17) is 16.1 Å². The fourth-order valence-corrected chi connectivity index (χ4v) is 6.54. The summed E-state index contributed by atoms with van der Waals surface area (Å²) in [6.07, 6.45) is 9.14. The van der Waals surface area contributed by atoms with E-state index in [1.807, 2.05) is 23.1 Å². The van der Waals surface area contributed by atoms with Gasteiger partial charge >= 0.3 is 0 Å². The lowest BCUT2D eigenvalue weighted by molar-refractivity contribution is -0.140. The first-order chi connectivity index (χ1) is 18.5. The molecule has 0 bridgehead atoms. The van der Waals surface area contributed by atoms with Crippen LogP contribution in [0.4, 0.5) is 0 Å². The Kier molecular flexibility index (Phi) is 8.08. The second-order valence-corrected chi connectivity index (χ2v) is 11.1. The van der Waals surface area contributed by atoms with Crippen molar-refractivity contribution < 1.29 is 14.3 Å². The van der Waals surface area contributed by atoms with Gasteiger partial charge in [-0.2, -0.15) is 0 Å². The number of nitrogens with zero attached hydrogens (tertiary/aromatic N) is 2. The molecule has 2 N–H and O–H groups in total. The highest BCUT2D eigenvalue weighted by Crippen LogP contribution is 2.40. The van der Waals surface area contributed by atoms with Crippen LogP contribution in [-0.4, -0.2) is 60.6 Å². The molecule has 2 aliphatic heterocycles. The average Bonchev–Trinajstić information content (AvgIpc) is 3.62. The number of likely N-dealkylation sites (tertiary alicyclic amines) is 1. The summed E-state index contributed by atoms with van der Waals surface area (Å²) in [6, 6.07) is 13.2. The Labute approximate surface area is 228 Å². The summed E-state index contributed by atoms with van der Waals surface area (Å²) < 4.78 is 5.54. The van der Waals surface area contributed by atoms with Gasteiger partial charge in [0.1, 0.15) is 15.9 Å². The topological polar surface area (TPSA) is 83.6 Å². The van der Waals surface area contributed by atoms with E-state index in [9.17, 15) is 9.59 Å². The summed E-state index contributed by atoms with van der Waals surface area (Å²) in [5.41, 5.74) is 1.79. The highest BCUT2D eigenvalue weighted by Gasteiger charge is 2.40. The zero-order valence-electron chi connectivity index (χ0n) is 21.9. The molecule has 2 aromatic carbocycles. The first kappa shape index (κ1) is 26.4. The molecule has 0 aliphatic carbocycles. The number of thiazole rings is 1. The molecule has 3 atom stereocenters. The van der Waals surface area contributed by atoms with E-state index >= 15 is 0 Å². The number of rotatable bonds is 7. The molecular weight excluding hydrogens is 496 g/mol. The van der Waals surface area contributed by atoms with Gasteiger partial charge in [-0.1, -0.05) is 48.4 Å². The highest BCUT2D eigenvalue weighted by atomic mass is 32.1. The van der Waals surface area contributed by atoms with Gasteiger partial charge in [-0.3, -0.25) is 9.59 Å². The van der Waals surface area contributed by atoms with Crippen molar-refractivity contribution in [3.05, 3.63) is 52.3 Å². The van der Waals surface area contributed by atoms with Gasteiger partial charge in [-0.25, -0.2) is 4.98 Å². The van der Waals surface area contributed by atoms with Crippen LogP contribution < -0.4 is 10.6 Å². The van der Waals surface area contributed by atoms with Crippen LogP contribution in [0.3, 0.4) is 0 Å². The number of amides is 2. The van der Waals surface area contributed by atoms with Crippen LogP contribution in [0.1, 0.15) is 48.5 Å². The molecule has 7 nitrogen and oxygen atoms in total. The molecule has 0 spiro atoms. The Bertz CT molecular complexity index is 1350. The van der Waals surface area contributed by atoms with Crippen molar-refractivity contribution in [3.63, 3.8) is 0 Å². The number of benzene rings is 2. The van der Waals surface area contributed by atoms with Crippen LogP contribution >= 0.6 is 11.3 Å². The standard InChI is InChI=1S/C30H34N4O3S/c1-4-25-27(23-12-7-10-20-9-5-6-11-22(20)23)33-29(38-25)24-13-8-16-34(24)30(36)26(21-14-17-37-18-15-21)32-28(35)19(2)31-3/h1,5-7,9-12,19,21,24,26,31H,8,13-18H2,2-3H3,(H,32,35)/t19-,24-,26-/m0/s1. The van der Waals surface area contributed by atoms with Crippen LogP contribution in [0.5, 0.6) is 0 Å². The van der Waals surface area contributed by atoms with Crippen LogP contribution in [-0.2, 0) is 14.3 Å². The Morgan fingerprint density at radius 3 is 2.68 bits per heavy atom. The number of aromatic nitrogens is 1. The van der Waals surface area contributed by atoms with Gasteiger partial charge in [-0.15, -0.1) is 17.8 Å². The SMILES string of the molecule is C#Cc1sc([C@@H]2CCCN2C(=O)[C@@H](NC(=O)[C@H](C)NC)C2CCOCC2)nc1-c1cccc2ccccc12. The fourth-order valence-electron chi connectivity index (χ4n) is 5.50. The Hall–Kier alpha value is -3.25. The van der Waals surface area contributed by atoms with Crippen molar-refractivity contribution in [3.8, 4) is 23.6 Å². The first-order valence-electron chi connectivity index (χ1n) is 13.3. The average molecular weight is 531 g/mol. The third-order valence-corrected chi connectivity index (χ3v) is 8.86. The molecule has 2 amide bonds. The maximum atomic E-state index is 14.1. The van der Waals surface area contributed by atoms with Crippen LogP contribution in [0.2, 0.25) is 0 Å². The quantitative estimate of drug-likeness (QED) is 0.449. The lowest BCUT2D eigenvalue weighted by Crippen LogP contribution is -2.56. The second-order valence-electron chi connectivity index (χ2n) is 10.0. The summed E-state index contributed by atoms with van der Waals surface area (Å²) in [4.78, 5) is 34.6. The van der Waals surface area contributed by atoms with Gasteiger partial charge in [0.05, 0.1) is 17.8 Å². The largest absolute Gasteiger partial charge is 0.381 e. The molecule has 2 aliphatic rings. The first-order valence-corrected chi connectivity index (χ1v) is 14.1. The maximum Gasteiger partial charge on any atom is 0.246 e. The number of hydrogen-bond acceptors (Lipinski definition) is 6. The van der Waals surface area contributed by atoms with Gasteiger partial charge < -0.3 is 20.3 Å². The van der Waals surface area contributed by atoms with Crippen molar-refractivity contribution in [1.29, 1.82) is 0 Å². The predicted octanol–water partition coefficient (Wildman–Crippen LogP) is 4.13. The Balaban J connectivity index is 1.46. The number of carbonyl (C=O) groups excluding carboxylic acids is 2. The molecule has 1 aromatic heterocycles. The summed E-state index contributed by atoms with van der Waals surface area (Å²) in [7, 11) is 1.74. The lowest BCUT2D eigenvalue weighted by Gasteiger charge is -2.35. The van der Waals surface area contributed by atoms with E-state index in [-0.39, 0.29) is 29.8 Å². The van der Waals surface area contributed by atoms with Crippen LogP contribution in [0.25, 0.3) is 22.0 Å². The summed E-state index contributed by atoms with van der Waals surface area (Å²) in [5.74, 6) is 2.66. The molecule has 5 rings (SSSR count). The minimum absolute atomic E-state index is 0.0364. The van der Waals surface area contributed by atoms with Gasteiger partial charge in [0.2, 0.25) is 11.8 Å². The van der Waals surface area contributed by atoms with E-state index < -0.39 is 6.04 Å². The van der Waals surface area contributed by atoms with Gasteiger partial charge in [-0.05, 0) is 56.3 Å². The molecule has 2 fully saturated rings. The Morgan fingerprint density at radius 2 is 1.92 bits per heavy atom. The monoisotopic (exact) mass is 530 g/mol. The number of likely N-dealkylation sites (N-methyl/N-ethyl adjacent to an activating group) is 1. The number of carbonyl (C=O) groups is 2. The van der Waals surface area contributed by atoms with Crippen molar-refractivity contribution >= 4 is 33.9 Å². The Morgan fingerprint density at radius 1 is 1.16 bits per heavy atom. The molecule has 8 heteroatoms. The number of ether oxygens (including phenoxy) is 1. The summed E-state index contributed by atoms with van der Waals surface area (Å²) in [6.45, 7) is 3.63. The zero-order valence-corrected chi connectivity index (χ0v) is 22.7. The predicted molar refractivity (Wildman–Crippen MR) is 151 cm³/mol. The third kappa shape index (κ3) is 5.19. The molecule has 38 heavy (non-hydrogen) atoms. The van der Waals surface area contributed by atoms with Crippen molar-refractivity contribution in [1.82, 2.24) is 20.5 Å². The molecule has 0 saturated carbocycles. The molecule has 198 valence electrons. The molecule has 3 heterocycles. The number of nitrogens with one attached hydrogen (secondary N) is 2. The molecule has 0 unspecified atom stereocenters. The maximum absolute atomic E-state index is 14.1. The van der Waals surface area contributed by atoms with E-state index in [0.717, 1.165) is 57.6 Å². The summed E-state index contributed by atoms with van der Waals surface area (Å²) >= 11 is 1.49. The van der Waals surface area contributed by atoms with Crippen LogP contribution in [0, 0.1) is 18.3 Å². The minimum atomic E-state index is -0.590. The van der Waals surface area contributed by atoms with Crippen molar-refractivity contribution in [2.24, 2.45) is 5.92 Å². The van der Waals surface area contributed by atoms with Gasteiger partial charge in [0.15, 0.2) is 0 Å². The van der Waals surface area contributed by atoms with Crippen molar-refractivity contribution in [2.45, 2.75) is 50.7 Å². The number of hydrogen-bond donors (Lipinski definition) is 2. The molecule has 0 radical (unpaired) electrons. The summed E-state index contributed by atoms with van der Waals surface area (Å²) in [5, 5.41) is 9.12. The number of fused-ring (bicyclic) bond motifs is 1. The van der Waals surface area contributed by atoms with Gasteiger partial charge in [0, 0.05) is 25.3 Å². The second kappa shape index (κ2) is 11.6.